The van der Waals surface area contributed by atoms with Crippen molar-refractivity contribution in [1.82, 2.24) is 9.97 Å². The fourth-order valence-corrected chi connectivity index (χ4v) is 2.15. The number of para-hydroxylation sites is 1. The van der Waals surface area contributed by atoms with E-state index in [-0.39, 0.29) is 17.3 Å². The molecule has 0 fully saturated rings. The minimum Gasteiger partial charge on any atom is -0.506 e. The van der Waals surface area contributed by atoms with Gasteiger partial charge >= 0.3 is 5.63 Å². The van der Waals surface area contributed by atoms with Crippen LogP contribution < -0.4 is 5.63 Å². The predicted octanol–water partition coefficient (Wildman–Crippen LogP) is 2.66. The average molecular weight is 295 g/mol. The Morgan fingerprint density at radius 1 is 1.18 bits per heavy atom. The first-order valence-corrected chi connectivity index (χ1v) is 6.66. The molecule has 2 heterocycles. The van der Waals surface area contributed by atoms with E-state index in [1.165, 1.54) is 6.21 Å². The molecule has 0 aliphatic heterocycles. The summed E-state index contributed by atoms with van der Waals surface area (Å²) in [6, 6.07) is 8.57. The predicted molar refractivity (Wildman–Crippen MR) is 82.9 cm³/mol. The number of aryl methyl sites for hydroxylation is 2. The van der Waals surface area contributed by atoms with Crippen molar-refractivity contribution in [1.29, 1.82) is 0 Å². The quantitative estimate of drug-likeness (QED) is 0.580. The molecule has 2 aromatic heterocycles. The maximum Gasteiger partial charge on any atom is 0.348 e. The molecular weight excluding hydrogens is 282 g/mol. The first kappa shape index (κ1) is 13.9. The van der Waals surface area contributed by atoms with Gasteiger partial charge in [-0.15, -0.1) is 0 Å². The Balaban J connectivity index is 2.10. The maximum absolute atomic E-state index is 12.0. The van der Waals surface area contributed by atoms with Crippen LogP contribution >= 0.6 is 0 Å². The molecule has 0 atom stereocenters. The maximum atomic E-state index is 12.0. The van der Waals surface area contributed by atoms with Crippen molar-refractivity contribution in [3.05, 3.63) is 57.7 Å². The number of fused-ring (bicyclic) bond motifs is 1. The summed E-state index contributed by atoms with van der Waals surface area (Å²) in [5.74, 6) is 0.0597. The van der Waals surface area contributed by atoms with Crippen LogP contribution in [0.2, 0.25) is 0 Å². The third-order valence-corrected chi connectivity index (χ3v) is 3.10. The highest BCUT2D eigenvalue weighted by molar-refractivity contribution is 5.93. The Morgan fingerprint density at radius 3 is 2.59 bits per heavy atom. The molecule has 1 aromatic carbocycles. The molecule has 3 rings (SSSR count). The average Bonchev–Trinajstić information content (AvgIpc) is 2.46. The zero-order chi connectivity index (χ0) is 15.7. The van der Waals surface area contributed by atoms with Crippen LogP contribution in [0.3, 0.4) is 0 Å². The summed E-state index contributed by atoms with van der Waals surface area (Å²) >= 11 is 0. The summed E-state index contributed by atoms with van der Waals surface area (Å²) in [4.78, 5) is 24.3. The number of rotatable bonds is 2. The standard InChI is InChI=1S/C16H13N3O3/c1-9-7-10(2)19-16(18-9)17-8-12-14(20)11-5-3-4-6-13(11)22-15(12)21/h3-8,20H,1-2H3. The summed E-state index contributed by atoms with van der Waals surface area (Å²) in [5.41, 5.74) is 1.18. The Labute approximate surface area is 125 Å². The summed E-state index contributed by atoms with van der Waals surface area (Å²) in [7, 11) is 0. The van der Waals surface area contributed by atoms with Crippen molar-refractivity contribution in [2.24, 2.45) is 4.99 Å². The van der Waals surface area contributed by atoms with E-state index in [9.17, 15) is 9.90 Å². The summed E-state index contributed by atoms with van der Waals surface area (Å²) in [6.45, 7) is 3.66. The molecule has 3 aromatic rings. The second kappa shape index (κ2) is 5.40. The third-order valence-electron chi connectivity index (χ3n) is 3.10. The highest BCUT2D eigenvalue weighted by Crippen LogP contribution is 2.25. The zero-order valence-corrected chi connectivity index (χ0v) is 12.1. The molecule has 0 amide bonds. The summed E-state index contributed by atoms with van der Waals surface area (Å²) in [6.07, 6.45) is 1.22. The smallest absolute Gasteiger partial charge is 0.348 e. The molecular formula is C16H13N3O3. The van der Waals surface area contributed by atoms with Crippen LogP contribution in [0, 0.1) is 13.8 Å². The van der Waals surface area contributed by atoms with Gasteiger partial charge in [0.15, 0.2) is 0 Å². The van der Waals surface area contributed by atoms with Crippen LogP contribution in [0.15, 0.2) is 44.5 Å². The number of hydrogen-bond acceptors (Lipinski definition) is 6. The highest BCUT2D eigenvalue weighted by atomic mass is 16.4. The number of benzene rings is 1. The largest absolute Gasteiger partial charge is 0.506 e. The van der Waals surface area contributed by atoms with Crippen LogP contribution in [-0.2, 0) is 0 Å². The van der Waals surface area contributed by atoms with Gasteiger partial charge in [0, 0.05) is 17.6 Å². The molecule has 0 bridgehead atoms. The van der Waals surface area contributed by atoms with Gasteiger partial charge in [-0.25, -0.2) is 19.8 Å². The van der Waals surface area contributed by atoms with Crippen molar-refractivity contribution in [2.75, 3.05) is 0 Å². The third kappa shape index (κ3) is 2.58. The van der Waals surface area contributed by atoms with Crippen molar-refractivity contribution < 1.29 is 9.52 Å². The zero-order valence-electron chi connectivity index (χ0n) is 12.1. The van der Waals surface area contributed by atoms with Crippen molar-refractivity contribution >= 4 is 23.1 Å². The molecule has 0 radical (unpaired) electrons. The molecule has 6 heteroatoms. The van der Waals surface area contributed by atoms with E-state index in [1.54, 1.807) is 24.3 Å². The van der Waals surface area contributed by atoms with Crippen LogP contribution in [0.25, 0.3) is 11.0 Å². The minimum atomic E-state index is -0.663. The fourth-order valence-electron chi connectivity index (χ4n) is 2.15. The lowest BCUT2D eigenvalue weighted by Gasteiger charge is -2.02. The molecule has 0 spiro atoms. The second-order valence-corrected chi connectivity index (χ2v) is 4.86. The summed E-state index contributed by atoms with van der Waals surface area (Å²) < 4.78 is 5.16. The number of hydrogen-bond donors (Lipinski definition) is 1. The first-order valence-electron chi connectivity index (χ1n) is 6.66. The highest BCUT2D eigenvalue weighted by Gasteiger charge is 2.11. The molecule has 0 aliphatic carbocycles. The molecule has 0 aliphatic rings. The lowest BCUT2D eigenvalue weighted by Crippen LogP contribution is -2.07. The molecule has 0 saturated heterocycles. The normalized spacial score (nSPS) is 11.4. The topological polar surface area (TPSA) is 88.6 Å². The van der Waals surface area contributed by atoms with E-state index in [0.29, 0.717) is 11.0 Å². The number of aromatic hydroxyl groups is 1. The van der Waals surface area contributed by atoms with Crippen molar-refractivity contribution in [3.8, 4) is 5.75 Å². The Morgan fingerprint density at radius 2 is 1.86 bits per heavy atom. The fraction of sp³-hybridized carbons (Fsp3) is 0.125. The van der Waals surface area contributed by atoms with Crippen LogP contribution in [-0.4, -0.2) is 21.3 Å². The van der Waals surface area contributed by atoms with E-state index >= 15 is 0 Å². The molecule has 110 valence electrons. The lowest BCUT2D eigenvalue weighted by molar-refractivity contribution is 0.466. The van der Waals surface area contributed by atoms with Gasteiger partial charge in [0.1, 0.15) is 16.9 Å². The summed E-state index contributed by atoms with van der Waals surface area (Å²) in [5, 5.41) is 10.7. The monoisotopic (exact) mass is 295 g/mol. The van der Waals surface area contributed by atoms with Crippen LogP contribution in [0.4, 0.5) is 5.95 Å². The number of aromatic nitrogens is 2. The van der Waals surface area contributed by atoms with Gasteiger partial charge in [0.05, 0.1) is 5.39 Å². The Hall–Kier alpha value is -3.02. The Kier molecular flexibility index (Phi) is 3.42. The molecule has 0 saturated carbocycles. The van der Waals surface area contributed by atoms with E-state index < -0.39 is 5.63 Å². The molecule has 1 N–H and O–H groups in total. The van der Waals surface area contributed by atoms with Gasteiger partial charge in [-0.2, -0.15) is 0 Å². The van der Waals surface area contributed by atoms with E-state index in [2.05, 4.69) is 15.0 Å². The lowest BCUT2D eigenvalue weighted by atomic mass is 10.1. The van der Waals surface area contributed by atoms with Gasteiger partial charge in [-0.1, -0.05) is 12.1 Å². The van der Waals surface area contributed by atoms with Gasteiger partial charge < -0.3 is 9.52 Å². The molecule has 6 nitrogen and oxygen atoms in total. The number of aliphatic imine (C=N–C) groups is 1. The minimum absolute atomic E-state index is 0.0264. The molecule has 0 unspecified atom stereocenters. The van der Waals surface area contributed by atoms with Gasteiger partial charge in [-0.05, 0) is 32.0 Å². The van der Waals surface area contributed by atoms with Crippen LogP contribution in [0.5, 0.6) is 5.75 Å². The van der Waals surface area contributed by atoms with Gasteiger partial charge in [0.25, 0.3) is 0 Å². The van der Waals surface area contributed by atoms with Crippen LogP contribution in [0.1, 0.15) is 17.0 Å². The van der Waals surface area contributed by atoms with Crippen molar-refractivity contribution in [3.63, 3.8) is 0 Å². The van der Waals surface area contributed by atoms with Gasteiger partial charge in [0.2, 0.25) is 5.95 Å². The first-order chi connectivity index (χ1) is 10.5. The van der Waals surface area contributed by atoms with E-state index in [4.69, 9.17) is 4.42 Å². The molecule has 22 heavy (non-hydrogen) atoms. The second-order valence-electron chi connectivity index (χ2n) is 4.86. The van der Waals surface area contributed by atoms with E-state index in [1.807, 2.05) is 19.9 Å². The van der Waals surface area contributed by atoms with Gasteiger partial charge in [-0.3, -0.25) is 0 Å². The SMILES string of the molecule is Cc1cc(C)nc(N=Cc2c(O)c3ccccc3oc2=O)n1. The van der Waals surface area contributed by atoms with Crippen molar-refractivity contribution in [2.45, 2.75) is 13.8 Å². The van der Waals surface area contributed by atoms with E-state index in [0.717, 1.165) is 11.4 Å². The number of nitrogens with zero attached hydrogens (tertiary/aromatic N) is 3. The Bertz CT molecular complexity index is 925.